The maximum Gasteiger partial charge on any atom is 0.0693 e. The lowest BCUT2D eigenvalue weighted by Crippen LogP contribution is -2.51. The molecule has 0 spiro atoms. The Bertz CT molecular complexity index is 175. The Morgan fingerprint density at radius 1 is 1.43 bits per heavy atom. The minimum absolute atomic E-state index is 0.0231. The van der Waals surface area contributed by atoms with Crippen molar-refractivity contribution < 1.29 is 10.2 Å². The Labute approximate surface area is 86.5 Å². The van der Waals surface area contributed by atoms with Gasteiger partial charge >= 0.3 is 0 Å². The fourth-order valence-corrected chi connectivity index (χ4v) is 2.15. The SMILES string of the molecule is CCC(C)(CCO)N[C@H]1CCC[C@@H]1O. The van der Waals surface area contributed by atoms with Crippen LogP contribution in [0.15, 0.2) is 0 Å². The quantitative estimate of drug-likeness (QED) is 0.623. The minimum atomic E-state index is -0.195. The van der Waals surface area contributed by atoms with E-state index in [0.29, 0.717) is 0 Å². The number of aliphatic hydroxyl groups excluding tert-OH is 2. The molecular weight excluding hydrogens is 178 g/mol. The van der Waals surface area contributed by atoms with Crippen molar-refractivity contribution in [3.63, 3.8) is 0 Å². The summed E-state index contributed by atoms with van der Waals surface area (Å²) in [6, 6.07) is 0.228. The molecule has 3 atom stereocenters. The van der Waals surface area contributed by atoms with E-state index in [1.807, 2.05) is 0 Å². The minimum Gasteiger partial charge on any atom is -0.396 e. The molecule has 1 aliphatic carbocycles. The molecular formula is C11H23NO2. The van der Waals surface area contributed by atoms with Gasteiger partial charge < -0.3 is 15.5 Å². The van der Waals surface area contributed by atoms with E-state index in [1.54, 1.807) is 0 Å². The molecule has 0 amide bonds. The summed E-state index contributed by atoms with van der Waals surface area (Å²) in [6.07, 6.45) is 4.62. The third kappa shape index (κ3) is 2.94. The zero-order chi connectivity index (χ0) is 10.6. The molecule has 0 bridgehead atoms. The van der Waals surface area contributed by atoms with Crippen LogP contribution in [0.2, 0.25) is 0 Å². The molecule has 0 aliphatic heterocycles. The molecule has 0 aromatic carbocycles. The van der Waals surface area contributed by atoms with Crippen LogP contribution in [-0.4, -0.2) is 34.5 Å². The Morgan fingerprint density at radius 2 is 2.14 bits per heavy atom. The summed E-state index contributed by atoms with van der Waals surface area (Å²) in [6.45, 7) is 4.44. The predicted octanol–water partition coefficient (Wildman–Crippen LogP) is 1.04. The van der Waals surface area contributed by atoms with Crippen molar-refractivity contribution in [3.8, 4) is 0 Å². The van der Waals surface area contributed by atoms with Crippen molar-refractivity contribution in [3.05, 3.63) is 0 Å². The largest absolute Gasteiger partial charge is 0.396 e. The van der Waals surface area contributed by atoms with Crippen LogP contribution in [0, 0.1) is 0 Å². The lowest BCUT2D eigenvalue weighted by molar-refractivity contribution is 0.117. The topological polar surface area (TPSA) is 52.5 Å². The van der Waals surface area contributed by atoms with Crippen molar-refractivity contribution in [2.45, 2.75) is 63.6 Å². The summed E-state index contributed by atoms with van der Waals surface area (Å²) >= 11 is 0. The summed E-state index contributed by atoms with van der Waals surface area (Å²) in [4.78, 5) is 0. The lowest BCUT2D eigenvalue weighted by Gasteiger charge is -2.33. The van der Waals surface area contributed by atoms with Crippen molar-refractivity contribution >= 4 is 0 Å². The molecule has 3 heteroatoms. The van der Waals surface area contributed by atoms with Gasteiger partial charge in [0.1, 0.15) is 0 Å². The highest BCUT2D eigenvalue weighted by Crippen LogP contribution is 2.23. The lowest BCUT2D eigenvalue weighted by atomic mass is 9.93. The Balaban J connectivity index is 2.46. The van der Waals surface area contributed by atoms with E-state index in [-0.39, 0.29) is 24.3 Å². The molecule has 1 fully saturated rings. The first kappa shape index (κ1) is 12.0. The summed E-state index contributed by atoms with van der Waals surface area (Å²) < 4.78 is 0. The average molecular weight is 201 g/mol. The molecule has 0 saturated heterocycles. The van der Waals surface area contributed by atoms with Crippen LogP contribution in [0.25, 0.3) is 0 Å². The van der Waals surface area contributed by atoms with Crippen LogP contribution in [-0.2, 0) is 0 Å². The van der Waals surface area contributed by atoms with Crippen molar-refractivity contribution in [1.82, 2.24) is 5.32 Å². The molecule has 0 heterocycles. The van der Waals surface area contributed by atoms with Gasteiger partial charge in [0.25, 0.3) is 0 Å². The van der Waals surface area contributed by atoms with E-state index in [1.165, 1.54) is 0 Å². The third-order valence-corrected chi connectivity index (χ3v) is 3.46. The molecule has 1 rings (SSSR count). The fraction of sp³-hybridized carbons (Fsp3) is 1.00. The number of hydrogen-bond acceptors (Lipinski definition) is 3. The van der Waals surface area contributed by atoms with Crippen LogP contribution in [0.1, 0.15) is 46.0 Å². The normalized spacial score (nSPS) is 31.7. The zero-order valence-corrected chi connectivity index (χ0v) is 9.29. The van der Waals surface area contributed by atoms with Gasteiger partial charge in [-0.15, -0.1) is 0 Å². The van der Waals surface area contributed by atoms with Crippen LogP contribution in [0.5, 0.6) is 0 Å². The molecule has 3 nitrogen and oxygen atoms in total. The van der Waals surface area contributed by atoms with Gasteiger partial charge in [-0.25, -0.2) is 0 Å². The summed E-state index contributed by atoms with van der Waals surface area (Å²) in [5.74, 6) is 0. The van der Waals surface area contributed by atoms with E-state index in [0.717, 1.165) is 32.1 Å². The van der Waals surface area contributed by atoms with Gasteiger partial charge in [-0.05, 0) is 39.0 Å². The maximum absolute atomic E-state index is 9.69. The van der Waals surface area contributed by atoms with Crippen LogP contribution in [0.3, 0.4) is 0 Å². The predicted molar refractivity (Wildman–Crippen MR) is 57.2 cm³/mol. The van der Waals surface area contributed by atoms with Gasteiger partial charge in [-0.3, -0.25) is 0 Å². The molecule has 0 aromatic heterocycles. The first-order valence-electron chi connectivity index (χ1n) is 5.68. The van der Waals surface area contributed by atoms with Crippen molar-refractivity contribution in [1.29, 1.82) is 0 Å². The first-order valence-corrected chi connectivity index (χ1v) is 5.68. The molecule has 14 heavy (non-hydrogen) atoms. The van der Waals surface area contributed by atoms with Crippen molar-refractivity contribution in [2.75, 3.05) is 6.61 Å². The highest BCUT2D eigenvalue weighted by Gasteiger charge is 2.31. The van der Waals surface area contributed by atoms with Crippen molar-refractivity contribution in [2.24, 2.45) is 0 Å². The molecule has 0 radical (unpaired) electrons. The highest BCUT2D eigenvalue weighted by atomic mass is 16.3. The smallest absolute Gasteiger partial charge is 0.0693 e. The third-order valence-electron chi connectivity index (χ3n) is 3.46. The number of nitrogens with one attached hydrogen (secondary N) is 1. The highest BCUT2D eigenvalue weighted by molar-refractivity contribution is 4.91. The number of aliphatic hydroxyl groups is 2. The summed E-state index contributed by atoms with van der Waals surface area (Å²) in [7, 11) is 0. The Hall–Kier alpha value is -0.120. The van der Waals surface area contributed by atoms with Gasteiger partial charge in [0.15, 0.2) is 0 Å². The van der Waals surface area contributed by atoms with E-state index in [9.17, 15) is 5.11 Å². The van der Waals surface area contributed by atoms with Gasteiger partial charge in [0.2, 0.25) is 0 Å². The second-order valence-electron chi connectivity index (χ2n) is 4.64. The Kier molecular flexibility index (Phi) is 4.35. The van der Waals surface area contributed by atoms with E-state index in [4.69, 9.17) is 5.11 Å². The molecule has 84 valence electrons. The van der Waals surface area contributed by atoms with Gasteiger partial charge in [-0.1, -0.05) is 6.92 Å². The molecule has 1 saturated carbocycles. The monoisotopic (exact) mass is 201 g/mol. The van der Waals surface area contributed by atoms with E-state index >= 15 is 0 Å². The van der Waals surface area contributed by atoms with Gasteiger partial charge in [-0.2, -0.15) is 0 Å². The molecule has 1 unspecified atom stereocenters. The molecule has 0 aromatic rings. The van der Waals surface area contributed by atoms with Gasteiger partial charge in [0.05, 0.1) is 6.10 Å². The maximum atomic E-state index is 9.69. The number of rotatable bonds is 5. The zero-order valence-electron chi connectivity index (χ0n) is 9.29. The second-order valence-corrected chi connectivity index (χ2v) is 4.64. The molecule has 3 N–H and O–H groups in total. The fourth-order valence-electron chi connectivity index (χ4n) is 2.15. The summed E-state index contributed by atoms with van der Waals surface area (Å²) in [5, 5.41) is 22.1. The van der Waals surface area contributed by atoms with E-state index < -0.39 is 0 Å². The average Bonchev–Trinajstić information content (AvgIpc) is 2.52. The van der Waals surface area contributed by atoms with Gasteiger partial charge in [0, 0.05) is 18.2 Å². The van der Waals surface area contributed by atoms with Crippen LogP contribution >= 0.6 is 0 Å². The second kappa shape index (κ2) is 5.10. The van der Waals surface area contributed by atoms with Crippen LogP contribution in [0.4, 0.5) is 0 Å². The Morgan fingerprint density at radius 3 is 2.57 bits per heavy atom. The molecule has 1 aliphatic rings. The summed E-state index contributed by atoms with van der Waals surface area (Å²) in [5.41, 5.74) is -0.0231. The van der Waals surface area contributed by atoms with E-state index in [2.05, 4.69) is 19.2 Å². The first-order chi connectivity index (χ1) is 6.61. The standard InChI is InChI=1S/C11H23NO2/c1-3-11(2,7-8-13)12-9-5-4-6-10(9)14/h9-10,12-14H,3-8H2,1-2H3/t9-,10-,11?/m0/s1. The number of hydrogen-bond donors (Lipinski definition) is 3. The van der Waals surface area contributed by atoms with Crippen LogP contribution < -0.4 is 5.32 Å².